The molecular weight excluding hydrogens is 180 g/mol. The first kappa shape index (κ1) is 10.0. The first-order valence-corrected chi connectivity index (χ1v) is 4.74. The fraction of sp³-hybridized carbons (Fsp3) is 0.273. The van der Waals surface area contributed by atoms with E-state index < -0.39 is 0 Å². The van der Waals surface area contributed by atoms with Crippen LogP contribution in [0.5, 0.6) is 5.75 Å². The van der Waals surface area contributed by atoms with Crippen LogP contribution < -0.4 is 4.74 Å². The van der Waals surface area contributed by atoms with Gasteiger partial charge in [0.25, 0.3) is 0 Å². The third kappa shape index (κ3) is 3.43. The molecule has 1 nitrogen and oxygen atoms in total. The van der Waals surface area contributed by atoms with E-state index in [0.717, 1.165) is 23.5 Å². The summed E-state index contributed by atoms with van der Waals surface area (Å²) in [6, 6.07) is 7.73. The normalized spacial score (nSPS) is 8.77. The Bertz CT molecular complexity index is 322. The fourth-order valence-electron chi connectivity index (χ4n) is 0.921. The molecule has 0 amide bonds. The third-order valence-electron chi connectivity index (χ3n) is 1.54. The molecule has 0 aliphatic carbocycles. The molecule has 1 aromatic carbocycles. The predicted octanol–water partition coefficient (Wildman–Crippen LogP) is 2.37. The molecule has 0 saturated heterocycles. The molecular formula is C11H12OS. The summed E-state index contributed by atoms with van der Waals surface area (Å²) in [6.45, 7) is 0. The molecule has 0 aliphatic heterocycles. The van der Waals surface area contributed by atoms with Crippen LogP contribution in [0.2, 0.25) is 0 Å². The molecule has 0 saturated carbocycles. The van der Waals surface area contributed by atoms with Crippen molar-refractivity contribution in [3.63, 3.8) is 0 Å². The van der Waals surface area contributed by atoms with Crippen molar-refractivity contribution in [2.75, 3.05) is 12.9 Å². The van der Waals surface area contributed by atoms with Gasteiger partial charge in [-0.15, -0.1) is 0 Å². The van der Waals surface area contributed by atoms with Crippen LogP contribution in [0.15, 0.2) is 24.3 Å². The van der Waals surface area contributed by atoms with Crippen molar-refractivity contribution in [3.8, 4) is 17.6 Å². The average Bonchev–Trinajstić information content (AvgIpc) is 2.19. The van der Waals surface area contributed by atoms with Crippen molar-refractivity contribution in [2.24, 2.45) is 0 Å². The Kier molecular flexibility index (Phi) is 4.28. The zero-order valence-corrected chi connectivity index (χ0v) is 8.47. The Morgan fingerprint density at radius 2 is 2.31 bits per heavy atom. The lowest BCUT2D eigenvalue weighted by atomic mass is 10.2. The van der Waals surface area contributed by atoms with Gasteiger partial charge >= 0.3 is 0 Å². The molecule has 0 aliphatic rings. The van der Waals surface area contributed by atoms with Crippen molar-refractivity contribution in [1.29, 1.82) is 0 Å². The minimum atomic E-state index is 0.803. The van der Waals surface area contributed by atoms with Crippen molar-refractivity contribution in [2.45, 2.75) is 6.42 Å². The van der Waals surface area contributed by atoms with E-state index in [1.165, 1.54) is 0 Å². The van der Waals surface area contributed by atoms with E-state index in [2.05, 4.69) is 24.5 Å². The van der Waals surface area contributed by atoms with Gasteiger partial charge in [-0.3, -0.25) is 0 Å². The van der Waals surface area contributed by atoms with Crippen LogP contribution in [-0.4, -0.2) is 12.9 Å². The largest absolute Gasteiger partial charge is 0.497 e. The van der Waals surface area contributed by atoms with E-state index in [1.54, 1.807) is 7.11 Å². The molecule has 0 aromatic heterocycles. The lowest BCUT2D eigenvalue weighted by Crippen LogP contribution is -1.82. The van der Waals surface area contributed by atoms with Crippen LogP contribution >= 0.6 is 12.6 Å². The van der Waals surface area contributed by atoms with Crippen LogP contribution in [-0.2, 0) is 0 Å². The molecule has 0 bridgehead atoms. The van der Waals surface area contributed by atoms with Gasteiger partial charge in [0.1, 0.15) is 5.75 Å². The third-order valence-corrected chi connectivity index (χ3v) is 1.76. The van der Waals surface area contributed by atoms with Crippen LogP contribution in [0.25, 0.3) is 0 Å². The number of benzene rings is 1. The second-order valence-corrected chi connectivity index (χ2v) is 2.95. The molecule has 0 heterocycles. The number of ether oxygens (including phenoxy) is 1. The van der Waals surface area contributed by atoms with Crippen LogP contribution in [0.4, 0.5) is 0 Å². The van der Waals surface area contributed by atoms with Crippen molar-refractivity contribution in [1.82, 2.24) is 0 Å². The highest BCUT2D eigenvalue weighted by atomic mass is 32.1. The number of methoxy groups -OCH3 is 1. The smallest absolute Gasteiger partial charge is 0.120 e. The molecule has 0 fully saturated rings. The summed E-state index contributed by atoms with van der Waals surface area (Å²) in [7, 11) is 1.65. The molecule has 0 radical (unpaired) electrons. The van der Waals surface area contributed by atoms with E-state index >= 15 is 0 Å². The lowest BCUT2D eigenvalue weighted by molar-refractivity contribution is 0.414. The maximum Gasteiger partial charge on any atom is 0.120 e. The highest BCUT2D eigenvalue weighted by Gasteiger charge is 1.90. The molecule has 0 N–H and O–H groups in total. The van der Waals surface area contributed by atoms with Crippen LogP contribution in [0, 0.1) is 11.8 Å². The SMILES string of the molecule is COc1cccc(C#CCCS)c1. The van der Waals surface area contributed by atoms with Gasteiger partial charge in [0, 0.05) is 17.7 Å². The Morgan fingerprint density at radius 1 is 1.46 bits per heavy atom. The Labute approximate surface area is 84.5 Å². The summed E-state index contributed by atoms with van der Waals surface area (Å²) < 4.78 is 5.08. The summed E-state index contributed by atoms with van der Waals surface area (Å²) in [6.07, 6.45) is 0.820. The van der Waals surface area contributed by atoms with Crippen molar-refractivity contribution >= 4 is 12.6 Å². The van der Waals surface area contributed by atoms with Crippen molar-refractivity contribution < 1.29 is 4.74 Å². The Hall–Kier alpha value is -1.07. The number of thiol groups is 1. The molecule has 0 unspecified atom stereocenters. The first-order chi connectivity index (χ1) is 6.36. The molecule has 0 atom stereocenters. The van der Waals surface area contributed by atoms with Gasteiger partial charge in [0.15, 0.2) is 0 Å². The van der Waals surface area contributed by atoms with E-state index in [0.29, 0.717) is 0 Å². The number of rotatable bonds is 2. The average molecular weight is 192 g/mol. The maximum atomic E-state index is 5.08. The number of hydrogen-bond acceptors (Lipinski definition) is 2. The molecule has 13 heavy (non-hydrogen) atoms. The molecule has 1 rings (SSSR count). The van der Waals surface area contributed by atoms with Gasteiger partial charge in [-0.1, -0.05) is 17.9 Å². The van der Waals surface area contributed by atoms with Gasteiger partial charge in [0.05, 0.1) is 7.11 Å². The Balaban J connectivity index is 2.73. The second-order valence-electron chi connectivity index (χ2n) is 2.51. The minimum Gasteiger partial charge on any atom is -0.497 e. The van der Waals surface area contributed by atoms with E-state index in [1.807, 2.05) is 24.3 Å². The van der Waals surface area contributed by atoms with Gasteiger partial charge < -0.3 is 4.74 Å². The van der Waals surface area contributed by atoms with E-state index in [-0.39, 0.29) is 0 Å². The summed E-state index contributed by atoms with van der Waals surface area (Å²) in [5.74, 6) is 7.71. The quantitative estimate of drug-likeness (QED) is 0.559. The van der Waals surface area contributed by atoms with E-state index in [4.69, 9.17) is 4.74 Å². The summed E-state index contributed by atoms with van der Waals surface area (Å²) >= 11 is 4.08. The minimum absolute atomic E-state index is 0.803. The second kappa shape index (κ2) is 5.55. The predicted molar refractivity (Wildman–Crippen MR) is 58.3 cm³/mol. The summed E-state index contributed by atoms with van der Waals surface area (Å²) in [5.41, 5.74) is 0.987. The molecule has 1 aromatic rings. The highest BCUT2D eigenvalue weighted by molar-refractivity contribution is 7.80. The van der Waals surface area contributed by atoms with Crippen LogP contribution in [0.1, 0.15) is 12.0 Å². The highest BCUT2D eigenvalue weighted by Crippen LogP contribution is 2.11. The topological polar surface area (TPSA) is 9.23 Å². The van der Waals surface area contributed by atoms with Gasteiger partial charge in [-0.25, -0.2) is 0 Å². The lowest BCUT2D eigenvalue weighted by Gasteiger charge is -1.97. The fourth-order valence-corrected chi connectivity index (χ4v) is 1.03. The molecule has 68 valence electrons. The molecule has 0 spiro atoms. The van der Waals surface area contributed by atoms with Crippen LogP contribution in [0.3, 0.4) is 0 Å². The number of hydrogen-bond donors (Lipinski definition) is 1. The van der Waals surface area contributed by atoms with Gasteiger partial charge in [0.2, 0.25) is 0 Å². The van der Waals surface area contributed by atoms with Crippen molar-refractivity contribution in [3.05, 3.63) is 29.8 Å². The summed E-state index contributed by atoms with van der Waals surface area (Å²) in [5, 5.41) is 0. The zero-order valence-electron chi connectivity index (χ0n) is 7.58. The monoisotopic (exact) mass is 192 g/mol. The standard InChI is InChI=1S/C11H12OS/c1-12-11-7-4-6-10(9-11)5-2-3-8-13/h4,6-7,9,13H,3,8H2,1H3. The first-order valence-electron chi connectivity index (χ1n) is 4.10. The van der Waals surface area contributed by atoms with Gasteiger partial charge in [-0.05, 0) is 18.2 Å². The van der Waals surface area contributed by atoms with Gasteiger partial charge in [-0.2, -0.15) is 12.6 Å². The Morgan fingerprint density at radius 3 is 3.00 bits per heavy atom. The maximum absolute atomic E-state index is 5.08. The zero-order chi connectivity index (χ0) is 9.52. The molecule has 2 heteroatoms. The summed E-state index contributed by atoms with van der Waals surface area (Å²) in [4.78, 5) is 0. The van der Waals surface area contributed by atoms with E-state index in [9.17, 15) is 0 Å².